The number of nitro groups is 1. The molecule has 1 unspecified atom stereocenters. The third-order valence-corrected chi connectivity index (χ3v) is 7.45. The van der Waals surface area contributed by atoms with Crippen LogP contribution in [0.3, 0.4) is 0 Å². The summed E-state index contributed by atoms with van der Waals surface area (Å²) < 4.78 is 28.5. The largest absolute Gasteiger partial charge is 0.269 e. The number of nitrogens with zero attached hydrogens (tertiary/aromatic N) is 3. The van der Waals surface area contributed by atoms with Crippen LogP contribution < -0.4 is 9.73 Å². The molecular weight excluding hydrogens is 500 g/mol. The van der Waals surface area contributed by atoms with Gasteiger partial charge in [0.05, 0.1) is 27.8 Å². The maximum absolute atomic E-state index is 12.9. The molecule has 8 nitrogen and oxygen atoms in total. The molecule has 0 heterocycles. The maximum Gasteiger partial charge on any atom is 0.269 e. The number of hydrazone groups is 1. The Balaban J connectivity index is 1.62. The standard InChI is InChI=1S/C29H28N4O4S/c1-23-12-18-28(19-13-23)38(36,37)31-21-20-29(25-8-4-2-5-9-25)32(26-10-6-3-7-11-26)30-22-24-14-16-27(17-15-24)33(34)35/h2-19,22,29,31H,20-21H2,1H3/b30-22+. The molecule has 0 bridgehead atoms. The Hall–Kier alpha value is -4.34. The van der Waals surface area contributed by atoms with Crippen molar-refractivity contribution in [2.75, 3.05) is 11.6 Å². The quantitative estimate of drug-likeness (QED) is 0.149. The van der Waals surface area contributed by atoms with Gasteiger partial charge in [-0.25, -0.2) is 13.1 Å². The van der Waals surface area contributed by atoms with E-state index in [0.29, 0.717) is 12.0 Å². The first kappa shape index (κ1) is 26.7. The van der Waals surface area contributed by atoms with Crippen LogP contribution in [0.4, 0.5) is 11.4 Å². The molecule has 0 aliphatic rings. The normalized spacial score (nSPS) is 12.3. The van der Waals surface area contributed by atoms with Crippen LogP contribution in [-0.4, -0.2) is 26.1 Å². The maximum atomic E-state index is 12.9. The Morgan fingerprint density at radius 2 is 1.50 bits per heavy atom. The van der Waals surface area contributed by atoms with Crippen LogP contribution in [0.1, 0.15) is 29.2 Å². The van der Waals surface area contributed by atoms with E-state index in [1.54, 1.807) is 42.6 Å². The SMILES string of the molecule is Cc1ccc(S(=O)(=O)NCCC(c2ccccc2)N(/N=C/c2ccc([N+](=O)[O-])cc2)c2ccccc2)cc1. The van der Waals surface area contributed by atoms with Crippen LogP contribution >= 0.6 is 0 Å². The van der Waals surface area contributed by atoms with Gasteiger partial charge in [0.1, 0.15) is 0 Å². The van der Waals surface area contributed by atoms with E-state index in [0.717, 1.165) is 16.8 Å². The second-order valence-corrected chi connectivity index (χ2v) is 10.5. The van der Waals surface area contributed by atoms with Crippen molar-refractivity contribution in [2.45, 2.75) is 24.3 Å². The number of para-hydroxylation sites is 1. The highest BCUT2D eigenvalue weighted by Gasteiger charge is 2.22. The van der Waals surface area contributed by atoms with Crippen molar-refractivity contribution in [1.29, 1.82) is 0 Å². The average Bonchev–Trinajstić information content (AvgIpc) is 2.93. The molecule has 4 aromatic carbocycles. The molecule has 194 valence electrons. The highest BCUT2D eigenvalue weighted by atomic mass is 32.2. The molecule has 0 spiro atoms. The molecule has 0 radical (unpaired) electrons. The second kappa shape index (κ2) is 12.3. The Kier molecular flexibility index (Phi) is 8.62. The van der Waals surface area contributed by atoms with Crippen molar-refractivity contribution < 1.29 is 13.3 Å². The lowest BCUT2D eigenvalue weighted by atomic mass is 10.0. The topological polar surface area (TPSA) is 105 Å². The van der Waals surface area contributed by atoms with E-state index < -0.39 is 14.9 Å². The molecule has 0 saturated carbocycles. The van der Waals surface area contributed by atoms with Gasteiger partial charge >= 0.3 is 0 Å². The fourth-order valence-electron chi connectivity index (χ4n) is 3.95. The van der Waals surface area contributed by atoms with Crippen LogP contribution in [0.15, 0.2) is 119 Å². The highest BCUT2D eigenvalue weighted by molar-refractivity contribution is 7.89. The van der Waals surface area contributed by atoms with Crippen LogP contribution in [0.25, 0.3) is 0 Å². The first-order valence-corrected chi connectivity index (χ1v) is 13.6. The molecule has 9 heteroatoms. The molecule has 0 aliphatic heterocycles. The summed E-state index contributed by atoms with van der Waals surface area (Å²) in [5.41, 5.74) is 3.47. The summed E-state index contributed by atoms with van der Waals surface area (Å²) in [4.78, 5) is 10.8. The lowest BCUT2D eigenvalue weighted by Crippen LogP contribution is -2.30. The van der Waals surface area contributed by atoms with E-state index in [2.05, 4.69) is 4.72 Å². The Labute approximate surface area is 222 Å². The number of hydrogen-bond acceptors (Lipinski definition) is 6. The average molecular weight is 529 g/mol. The fraction of sp³-hybridized carbons (Fsp3) is 0.138. The molecule has 38 heavy (non-hydrogen) atoms. The van der Waals surface area contributed by atoms with Gasteiger partial charge in [-0.3, -0.25) is 15.1 Å². The summed E-state index contributed by atoms with van der Waals surface area (Å²) in [6.45, 7) is 2.09. The summed E-state index contributed by atoms with van der Waals surface area (Å²) in [6, 6.07) is 31.9. The molecule has 0 amide bonds. The van der Waals surface area contributed by atoms with E-state index in [4.69, 9.17) is 5.10 Å². The zero-order chi connectivity index (χ0) is 27.0. The van der Waals surface area contributed by atoms with Crippen molar-refractivity contribution in [3.05, 3.63) is 136 Å². The van der Waals surface area contributed by atoms with E-state index >= 15 is 0 Å². The smallest absolute Gasteiger partial charge is 0.258 e. The molecule has 4 aromatic rings. The van der Waals surface area contributed by atoms with Gasteiger partial charge in [-0.1, -0.05) is 66.2 Å². The first-order valence-electron chi connectivity index (χ1n) is 12.1. The molecule has 4 rings (SSSR count). The van der Waals surface area contributed by atoms with Crippen LogP contribution in [0.5, 0.6) is 0 Å². The van der Waals surface area contributed by atoms with E-state index in [-0.39, 0.29) is 23.2 Å². The Morgan fingerprint density at radius 3 is 2.11 bits per heavy atom. The molecular formula is C29H28N4O4S. The molecule has 1 atom stereocenters. The van der Waals surface area contributed by atoms with Crippen molar-refractivity contribution >= 4 is 27.6 Å². The lowest BCUT2D eigenvalue weighted by molar-refractivity contribution is -0.384. The molecule has 0 saturated heterocycles. The summed E-state index contributed by atoms with van der Waals surface area (Å²) in [6.07, 6.45) is 2.07. The van der Waals surface area contributed by atoms with Gasteiger partial charge in [-0.2, -0.15) is 5.10 Å². The second-order valence-electron chi connectivity index (χ2n) is 8.70. The van der Waals surface area contributed by atoms with E-state index in [9.17, 15) is 18.5 Å². The van der Waals surface area contributed by atoms with Crippen LogP contribution in [-0.2, 0) is 10.0 Å². The van der Waals surface area contributed by atoms with Gasteiger partial charge in [-0.15, -0.1) is 0 Å². The van der Waals surface area contributed by atoms with Crippen LogP contribution in [0, 0.1) is 17.0 Å². The van der Waals surface area contributed by atoms with Gasteiger partial charge in [0.15, 0.2) is 0 Å². The third-order valence-electron chi connectivity index (χ3n) is 5.98. The minimum absolute atomic E-state index is 0.00471. The molecule has 0 aromatic heterocycles. The number of non-ortho nitro benzene ring substituents is 1. The summed E-state index contributed by atoms with van der Waals surface area (Å²) in [7, 11) is -3.67. The zero-order valence-corrected chi connectivity index (χ0v) is 21.7. The van der Waals surface area contributed by atoms with Gasteiger partial charge in [0.2, 0.25) is 10.0 Å². The van der Waals surface area contributed by atoms with Gasteiger partial charge in [0, 0.05) is 18.7 Å². The van der Waals surface area contributed by atoms with E-state index in [1.165, 1.54) is 12.1 Å². The predicted octanol–water partition coefficient (Wildman–Crippen LogP) is 5.85. The third kappa shape index (κ3) is 6.90. The minimum Gasteiger partial charge on any atom is -0.258 e. The number of aryl methyl sites for hydroxylation is 1. The van der Waals surface area contributed by atoms with Crippen molar-refractivity contribution in [1.82, 2.24) is 4.72 Å². The number of sulfonamides is 1. The molecule has 1 N–H and O–H groups in total. The first-order chi connectivity index (χ1) is 18.3. The number of rotatable bonds is 11. The van der Waals surface area contributed by atoms with Crippen molar-refractivity contribution in [3.63, 3.8) is 0 Å². The van der Waals surface area contributed by atoms with Crippen LogP contribution in [0.2, 0.25) is 0 Å². The summed E-state index contributed by atoms with van der Waals surface area (Å²) in [5.74, 6) is 0. The number of benzene rings is 4. The number of nitrogens with one attached hydrogen (secondary N) is 1. The number of hydrogen-bond donors (Lipinski definition) is 1. The monoisotopic (exact) mass is 528 g/mol. The fourth-order valence-corrected chi connectivity index (χ4v) is 5.00. The molecule has 0 aliphatic carbocycles. The minimum atomic E-state index is -3.67. The highest BCUT2D eigenvalue weighted by Crippen LogP contribution is 2.30. The Morgan fingerprint density at radius 1 is 0.895 bits per heavy atom. The summed E-state index contributed by atoms with van der Waals surface area (Å²) >= 11 is 0. The Bertz CT molecular complexity index is 1480. The predicted molar refractivity (Wildman–Crippen MR) is 150 cm³/mol. The van der Waals surface area contributed by atoms with Gasteiger partial charge in [0.25, 0.3) is 5.69 Å². The zero-order valence-electron chi connectivity index (χ0n) is 20.8. The van der Waals surface area contributed by atoms with Crippen molar-refractivity contribution in [2.24, 2.45) is 5.10 Å². The van der Waals surface area contributed by atoms with Gasteiger partial charge in [-0.05, 0) is 60.9 Å². The van der Waals surface area contributed by atoms with E-state index in [1.807, 2.05) is 72.6 Å². The number of anilines is 1. The van der Waals surface area contributed by atoms with Gasteiger partial charge < -0.3 is 0 Å². The number of nitro benzene ring substituents is 1. The molecule has 0 fully saturated rings. The summed E-state index contributed by atoms with van der Waals surface area (Å²) in [5, 5.41) is 17.6. The lowest BCUT2D eigenvalue weighted by Gasteiger charge is -2.30. The van der Waals surface area contributed by atoms with Crippen molar-refractivity contribution in [3.8, 4) is 0 Å².